The zero-order valence-corrected chi connectivity index (χ0v) is 17.6. The van der Waals surface area contributed by atoms with Crippen LogP contribution < -0.4 is 14.2 Å². The van der Waals surface area contributed by atoms with Crippen LogP contribution in [-0.4, -0.2) is 26.3 Å². The first-order valence-corrected chi connectivity index (χ1v) is 9.54. The highest BCUT2D eigenvalue weighted by atomic mass is 16.6. The van der Waals surface area contributed by atoms with E-state index in [-0.39, 0.29) is 5.69 Å². The van der Waals surface area contributed by atoms with Crippen molar-refractivity contribution in [2.45, 2.75) is 0 Å². The number of benzene rings is 3. The standard InChI is InChI=1S/C25H23NO5/c1-29-22-16-24(30-2)23(25(17-22)31-3)14-13-19-9-7-18(8-10-19)11-12-20-5-4-6-21(15-20)26(27)28/h4-17H,1-3H3/b12-11+,14-13+. The highest BCUT2D eigenvalue weighted by Gasteiger charge is 2.10. The maximum Gasteiger partial charge on any atom is 0.270 e. The van der Waals surface area contributed by atoms with Crippen LogP contribution in [0.25, 0.3) is 24.3 Å². The van der Waals surface area contributed by atoms with E-state index in [1.54, 1.807) is 33.5 Å². The molecule has 0 saturated carbocycles. The topological polar surface area (TPSA) is 70.8 Å². The van der Waals surface area contributed by atoms with Gasteiger partial charge < -0.3 is 14.2 Å². The van der Waals surface area contributed by atoms with Crippen LogP contribution in [0.4, 0.5) is 5.69 Å². The molecule has 6 heteroatoms. The van der Waals surface area contributed by atoms with Gasteiger partial charge in [-0.15, -0.1) is 0 Å². The first kappa shape index (κ1) is 21.6. The molecule has 0 fully saturated rings. The molecule has 0 unspecified atom stereocenters. The summed E-state index contributed by atoms with van der Waals surface area (Å²) < 4.78 is 16.2. The van der Waals surface area contributed by atoms with E-state index in [1.807, 2.05) is 66.8 Å². The summed E-state index contributed by atoms with van der Waals surface area (Å²) in [6.45, 7) is 0. The molecule has 0 radical (unpaired) electrons. The molecule has 158 valence electrons. The van der Waals surface area contributed by atoms with E-state index in [2.05, 4.69) is 0 Å². The van der Waals surface area contributed by atoms with E-state index in [9.17, 15) is 10.1 Å². The molecule has 3 aromatic carbocycles. The van der Waals surface area contributed by atoms with Crippen LogP contribution >= 0.6 is 0 Å². The molecule has 0 saturated heterocycles. The average molecular weight is 417 g/mol. The Balaban J connectivity index is 1.77. The van der Waals surface area contributed by atoms with Gasteiger partial charge in [0.05, 0.1) is 31.8 Å². The number of ether oxygens (including phenoxy) is 3. The van der Waals surface area contributed by atoms with Gasteiger partial charge in [-0.05, 0) is 22.8 Å². The van der Waals surface area contributed by atoms with Crippen LogP contribution in [0.3, 0.4) is 0 Å². The van der Waals surface area contributed by atoms with Crippen LogP contribution in [0.2, 0.25) is 0 Å². The van der Waals surface area contributed by atoms with Crippen molar-refractivity contribution in [1.29, 1.82) is 0 Å². The quantitative estimate of drug-likeness (QED) is 0.257. The van der Waals surface area contributed by atoms with Gasteiger partial charge in [0.25, 0.3) is 5.69 Å². The molecule has 0 aliphatic heterocycles. The van der Waals surface area contributed by atoms with Crippen molar-refractivity contribution < 1.29 is 19.1 Å². The monoisotopic (exact) mass is 417 g/mol. The molecule has 0 N–H and O–H groups in total. The zero-order valence-electron chi connectivity index (χ0n) is 17.6. The predicted molar refractivity (Wildman–Crippen MR) is 123 cm³/mol. The number of nitro groups is 1. The van der Waals surface area contributed by atoms with Crippen molar-refractivity contribution in [2.75, 3.05) is 21.3 Å². The lowest BCUT2D eigenvalue weighted by atomic mass is 10.1. The highest BCUT2D eigenvalue weighted by Crippen LogP contribution is 2.35. The summed E-state index contributed by atoms with van der Waals surface area (Å²) in [4.78, 5) is 10.5. The van der Waals surface area contributed by atoms with Crippen molar-refractivity contribution >= 4 is 30.0 Å². The summed E-state index contributed by atoms with van der Waals surface area (Å²) >= 11 is 0. The van der Waals surface area contributed by atoms with Gasteiger partial charge in [-0.2, -0.15) is 0 Å². The number of methoxy groups -OCH3 is 3. The molecule has 0 aliphatic carbocycles. The highest BCUT2D eigenvalue weighted by molar-refractivity contribution is 5.78. The molecule has 0 amide bonds. The summed E-state index contributed by atoms with van der Waals surface area (Å²) in [6, 6.07) is 18.1. The molecule has 0 heterocycles. The molecule has 0 bridgehead atoms. The molecule has 0 aliphatic rings. The molecule has 31 heavy (non-hydrogen) atoms. The summed E-state index contributed by atoms with van der Waals surface area (Å²) in [5.74, 6) is 1.97. The molecule has 0 atom stereocenters. The van der Waals surface area contributed by atoms with E-state index < -0.39 is 4.92 Å². The molecular weight excluding hydrogens is 394 g/mol. The van der Waals surface area contributed by atoms with Crippen LogP contribution in [0.15, 0.2) is 60.7 Å². The van der Waals surface area contributed by atoms with Gasteiger partial charge in [-0.1, -0.05) is 54.6 Å². The third-order valence-corrected chi connectivity index (χ3v) is 4.68. The Kier molecular flexibility index (Phi) is 7.06. The third kappa shape index (κ3) is 5.51. The van der Waals surface area contributed by atoms with Crippen LogP contribution in [0.5, 0.6) is 17.2 Å². The van der Waals surface area contributed by atoms with E-state index >= 15 is 0 Å². The van der Waals surface area contributed by atoms with Crippen LogP contribution in [0.1, 0.15) is 22.3 Å². The molecule has 0 aromatic heterocycles. The van der Waals surface area contributed by atoms with Gasteiger partial charge in [0.15, 0.2) is 0 Å². The molecule has 6 nitrogen and oxygen atoms in total. The van der Waals surface area contributed by atoms with E-state index in [0.717, 1.165) is 22.3 Å². The number of hydrogen-bond acceptors (Lipinski definition) is 5. The minimum absolute atomic E-state index is 0.0759. The second kappa shape index (κ2) is 10.1. The average Bonchev–Trinajstić information content (AvgIpc) is 2.81. The Bertz CT molecular complexity index is 1090. The summed E-state index contributed by atoms with van der Waals surface area (Å²) in [5, 5.41) is 10.9. The predicted octanol–water partition coefficient (Wildman–Crippen LogP) is 5.96. The van der Waals surface area contributed by atoms with E-state index in [4.69, 9.17) is 14.2 Å². The third-order valence-electron chi connectivity index (χ3n) is 4.68. The van der Waals surface area contributed by atoms with E-state index in [1.165, 1.54) is 6.07 Å². The smallest absolute Gasteiger partial charge is 0.270 e. The second-order valence-corrected chi connectivity index (χ2v) is 6.63. The van der Waals surface area contributed by atoms with E-state index in [0.29, 0.717) is 17.2 Å². The van der Waals surface area contributed by atoms with Crippen LogP contribution in [-0.2, 0) is 0 Å². The van der Waals surface area contributed by atoms with Gasteiger partial charge in [0, 0.05) is 24.3 Å². The fraction of sp³-hybridized carbons (Fsp3) is 0.120. The maximum absolute atomic E-state index is 10.9. The molecule has 3 rings (SSSR count). The lowest BCUT2D eigenvalue weighted by Gasteiger charge is -2.12. The Morgan fingerprint density at radius 2 is 1.26 bits per heavy atom. The summed E-state index contributed by atoms with van der Waals surface area (Å²) in [6.07, 6.45) is 7.68. The van der Waals surface area contributed by atoms with Gasteiger partial charge in [-0.3, -0.25) is 10.1 Å². The zero-order chi connectivity index (χ0) is 22.2. The minimum atomic E-state index is -0.398. The normalized spacial score (nSPS) is 11.1. The van der Waals surface area contributed by atoms with Crippen molar-refractivity contribution in [3.63, 3.8) is 0 Å². The van der Waals surface area contributed by atoms with Crippen LogP contribution in [0, 0.1) is 10.1 Å². The Morgan fingerprint density at radius 3 is 1.77 bits per heavy atom. The summed E-state index contributed by atoms with van der Waals surface area (Å²) in [5.41, 5.74) is 3.67. The van der Waals surface area contributed by atoms with Crippen molar-refractivity contribution in [2.24, 2.45) is 0 Å². The van der Waals surface area contributed by atoms with Gasteiger partial charge in [-0.25, -0.2) is 0 Å². The first-order chi connectivity index (χ1) is 15.0. The number of nitrogens with zero attached hydrogens (tertiary/aromatic N) is 1. The first-order valence-electron chi connectivity index (χ1n) is 9.54. The number of rotatable bonds is 8. The second-order valence-electron chi connectivity index (χ2n) is 6.63. The molecular formula is C25H23NO5. The number of non-ortho nitro benzene ring substituents is 1. The minimum Gasteiger partial charge on any atom is -0.496 e. The van der Waals surface area contributed by atoms with Crippen molar-refractivity contribution in [1.82, 2.24) is 0 Å². The lowest BCUT2D eigenvalue weighted by Crippen LogP contribution is -1.94. The fourth-order valence-corrected chi connectivity index (χ4v) is 3.03. The van der Waals surface area contributed by atoms with Gasteiger partial charge in [0.1, 0.15) is 17.2 Å². The summed E-state index contributed by atoms with van der Waals surface area (Å²) in [7, 11) is 4.81. The van der Waals surface area contributed by atoms with Crippen molar-refractivity contribution in [3.05, 3.63) is 93.0 Å². The maximum atomic E-state index is 10.9. The Labute approximate surface area is 181 Å². The Morgan fingerprint density at radius 1 is 0.710 bits per heavy atom. The SMILES string of the molecule is COc1cc(OC)c(/C=C/c2ccc(/C=C/c3cccc([N+](=O)[O-])c3)cc2)c(OC)c1. The molecule has 0 spiro atoms. The largest absolute Gasteiger partial charge is 0.496 e. The Hall–Kier alpha value is -4.06. The number of hydrogen-bond donors (Lipinski definition) is 0. The fourth-order valence-electron chi connectivity index (χ4n) is 3.03. The molecule has 3 aromatic rings. The van der Waals surface area contributed by atoms with Crippen molar-refractivity contribution in [3.8, 4) is 17.2 Å². The van der Waals surface area contributed by atoms with Gasteiger partial charge in [0.2, 0.25) is 0 Å². The number of nitro benzene ring substituents is 1. The van der Waals surface area contributed by atoms with Gasteiger partial charge >= 0.3 is 0 Å². The lowest BCUT2D eigenvalue weighted by molar-refractivity contribution is -0.384.